The molecule has 2 aliphatic rings. The molecular formula is C31H35FN6O5. The Morgan fingerprint density at radius 3 is 2.49 bits per heavy atom. The zero-order chi connectivity index (χ0) is 31.1. The number of aliphatic hydroxyl groups is 1. The van der Waals surface area contributed by atoms with Gasteiger partial charge < -0.3 is 25.5 Å². The molecule has 2 atom stereocenters. The number of allylic oxidation sites excluding steroid dienone is 1. The number of anilines is 1. The number of guanidine groups is 1. The van der Waals surface area contributed by atoms with Gasteiger partial charge in [0.1, 0.15) is 11.7 Å². The molecule has 0 aromatic heterocycles. The number of carbonyl (C=O) groups is 2. The van der Waals surface area contributed by atoms with Gasteiger partial charge in [0.15, 0.2) is 6.19 Å². The SMILES string of the molecule is CC1=NC(C)=C(C(=O)O)C(c2cccc(NC(=NCCCN3CCC(O)(c4ccc(F)cc4)CC3)NC#N)c2)C1C(=O)O. The van der Waals surface area contributed by atoms with E-state index in [0.717, 1.165) is 12.1 Å². The van der Waals surface area contributed by atoms with Crippen molar-refractivity contribution in [1.82, 2.24) is 10.2 Å². The van der Waals surface area contributed by atoms with Crippen LogP contribution in [-0.4, -0.2) is 70.0 Å². The molecule has 226 valence electrons. The lowest BCUT2D eigenvalue weighted by Crippen LogP contribution is -2.43. The summed E-state index contributed by atoms with van der Waals surface area (Å²) in [4.78, 5) is 35.1. The van der Waals surface area contributed by atoms with Crippen LogP contribution in [0.25, 0.3) is 0 Å². The molecule has 1 fully saturated rings. The highest BCUT2D eigenvalue weighted by Gasteiger charge is 2.41. The molecule has 43 heavy (non-hydrogen) atoms. The van der Waals surface area contributed by atoms with Crippen LogP contribution in [0.2, 0.25) is 0 Å². The molecular weight excluding hydrogens is 555 g/mol. The Labute approximate surface area is 249 Å². The van der Waals surface area contributed by atoms with Crippen molar-refractivity contribution in [3.05, 3.63) is 76.7 Å². The van der Waals surface area contributed by atoms with Crippen LogP contribution in [0, 0.1) is 23.2 Å². The van der Waals surface area contributed by atoms with Crippen LogP contribution in [0.1, 0.15) is 50.2 Å². The molecule has 0 amide bonds. The minimum absolute atomic E-state index is 0.0759. The summed E-state index contributed by atoms with van der Waals surface area (Å²) in [7, 11) is 0. The first kappa shape index (κ1) is 31.3. The lowest BCUT2D eigenvalue weighted by atomic mass is 9.75. The minimum atomic E-state index is -1.23. The normalized spacial score (nSPS) is 20.6. The molecule has 0 saturated carbocycles. The van der Waals surface area contributed by atoms with E-state index in [1.54, 1.807) is 50.2 Å². The van der Waals surface area contributed by atoms with Crippen molar-refractivity contribution in [1.29, 1.82) is 5.26 Å². The molecule has 2 aromatic carbocycles. The van der Waals surface area contributed by atoms with Gasteiger partial charge in [-0.2, -0.15) is 5.26 Å². The van der Waals surface area contributed by atoms with Gasteiger partial charge >= 0.3 is 11.9 Å². The Morgan fingerprint density at radius 2 is 1.86 bits per heavy atom. The number of carboxylic acid groups (broad SMARTS) is 2. The molecule has 5 N–H and O–H groups in total. The number of likely N-dealkylation sites (tertiary alicyclic amines) is 1. The van der Waals surface area contributed by atoms with E-state index in [-0.39, 0.29) is 23.0 Å². The number of carboxylic acids is 2. The Kier molecular flexibility index (Phi) is 9.90. The summed E-state index contributed by atoms with van der Waals surface area (Å²) in [6.07, 6.45) is 3.62. The second kappa shape index (κ2) is 13.6. The molecule has 4 rings (SSSR count). The first-order chi connectivity index (χ1) is 20.5. The van der Waals surface area contributed by atoms with E-state index < -0.39 is 29.4 Å². The molecule has 0 bridgehead atoms. The fourth-order valence-corrected chi connectivity index (χ4v) is 5.79. The topological polar surface area (TPSA) is 171 Å². The van der Waals surface area contributed by atoms with Crippen molar-refractivity contribution in [2.75, 3.05) is 31.5 Å². The molecule has 11 nitrogen and oxygen atoms in total. The summed E-state index contributed by atoms with van der Waals surface area (Å²) in [6.45, 7) is 5.63. The predicted octanol–water partition coefficient (Wildman–Crippen LogP) is 3.66. The highest BCUT2D eigenvalue weighted by molar-refractivity contribution is 6.06. The van der Waals surface area contributed by atoms with Crippen LogP contribution in [-0.2, 0) is 15.2 Å². The van der Waals surface area contributed by atoms with E-state index in [2.05, 4.69) is 25.5 Å². The van der Waals surface area contributed by atoms with Gasteiger partial charge in [-0.3, -0.25) is 20.1 Å². The number of hydrogen-bond donors (Lipinski definition) is 5. The van der Waals surface area contributed by atoms with Gasteiger partial charge in [-0.15, -0.1) is 0 Å². The number of aliphatic carboxylic acids is 2. The van der Waals surface area contributed by atoms with Gasteiger partial charge in [-0.1, -0.05) is 24.3 Å². The Balaban J connectivity index is 1.39. The number of hydrogen-bond acceptors (Lipinski definition) is 7. The molecule has 0 spiro atoms. The maximum atomic E-state index is 13.3. The monoisotopic (exact) mass is 590 g/mol. The number of piperidine rings is 1. The van der Waals surface area contributed by atoms with Crippen molar-refractivity contribution in [2.45, 2.75) is 44.6 Å². The van der Waals surface area contributed by atoms with Crippen LogP contribution in [0.4, 0.5) is 10.1 Å². The average molecular weight is 591 g/mol. The standard InChI is InChI=1S/C31H35FN6O5/c1-19-25(28(39)40)27(26(29(41)42)20(2)36-19)21-5-3-6-24(17-21)37-30(35-18-33)34-13-4-14-38-15-11-31(43,12-16-38)22-7-9-23(32)10-8-22/h3,5-10,17,25,27,43H,4,11-16H2,1-2H3,(H,39,40)(H,41,42)(H2,34,35,37). The molecule has 2 heterocycles. The predicted molar refractivity (Wildman–Crippen MR) is 159 cm³/mol. The van der Waals surface area contributed by atoms with E-state index in [9.17, 15) is 34.6 Å². The van der Waals surface area contributed by atoms with E-state index >= 15 is 0 Å². The van der Waals surface area contributed by atoms with Crippen LogP contribution in [0.15, 0.2) is 69.8 Å². The van der Waals surface area contributed by atoms with Gasteiger partial charge in [0.2, 0.25) is 5.96 Å². The number of nitriles is 1. The molecule has 0 aliphatic carbocycles. The summed E-state index contributed by atoms with van der Waals surface area (Å²) >= 11 is 0. The number of nitrogens with zero attached hydrogens (tertiary/aromatic N) is 4. The second-order valence-corrected chi connectivity index (χ2v) is 10.8. The molecule has 2 unspecified atom stereocenters. The van der Waals surface area contributed by atoms with Crippen LogP contribution in [0.3, 0.4) is 0 Å². The second-order valence-electron chi connectivity index (χ2n) is 10.8. The Bertz CT molecular complexity index is 1490. The summed E-state index contributed by atoms with van der Waals surface area (Å²) in [5.41, 5.74) is 1.22. The van der Waals surface area contributed by atoms with E-state index in [1.807, 2.05) is 6.19 Å². The van der Waals surface area contributed by atoms with Gasteiger partial charge in [0.25, 0.3) is 0 Å². The lowest BCUT2D eigenvalue weighted by molar-refractivity contribution is -0.140. The summed E-state index contributed by atoms with van der Waals surface area (Å²) in [5, 5.41) is 45.6. The largest absolute Gasteiger partial charge is 0.481 e. The van der Waals surface area contributed by atoms with Gasteiger partial charge in [0.05, 0.1) is 11.2 Å². The van der Waals surface area contributed by atoms with Crippen molar-refractivity contribution < 1.29 is 29.3 Å². The maximum Gasteiger partial charge on any atom is 0.334 e. The van der Waals surface area contributed by atoms with Gasteiger partial charge in [0, 0.05) is 42.6 Å². The summed E-state index contributed by atoms with van der Waals surface area (Å²) in [5.74, 6) is -4.63. The average Bonchev–Trinajstić information content (AvgIpc) is 2.96. The van der Waals surface area contributed by atoms with E-state index in [0.29, 0.717) is 55.9 Å². The lowest BCUT2D eigenvalue weighted by Gasteiger charge is -2.38. The molecule has 1 saturated heterocycles. The fraction of sp³-hybridized carbons (Fsp3) is 0.387. The quantitative estimate of drug-likeness (QED) is 0.0961. The van der Waals surface area contributed by atoms with Gasteiger partial charge in [-0.25, -0.2) is 9.18 Å². The number of benzene rings is 2. The number of rotatable bonds is 9. The molecule has 2 aliphatic heterocycles. The molecule has 12 heteroatoms. The smallest absolute Gasteiger partial charge is 0.334 e. The molecule has 0 radical (unpaired) electrons. The number of nitrogens with one attached hydrogen (secondary N) is 2. The number of aliphatic imine (C=N–C) groups is 2. The Hall–Kier alpha value is -4.60. The zero-order valence-electron chi connectivity index (χ0n) is 24.0. The van der Waals surface area contributed by atoms with Crippen molar-refractivity contribution >= 4 is 29.3 Å². The van der Waals surface area contributed by atoms with Crippen molar-refractivity contribution in [3.63, 3.8) is 0 Å². The third-order valence-electron chi connectivity index (χ3n) is 7.97. The summed E-state index contributed by atoms with van der Waals surface area (Å²) < 4.78 is 13.3. The molecule has 2 aromatic rings. The van der Waals surface area contributed by atoms with Crippen molar-refractivity contribution in [3.8, 4) is 6.19 Å². The highest BCUT2D eigenvalue weighted by atomic mass is 19.1. The maximum absolute atomic E-state index is 13.3. The first-order valence-corrected chi connectivity index (χ1v) is 14.0. The fourth-order valence-electron chi connectivity index (χ4n) is 5.79. The number of halogens is 1. The van der Waals surface area contributed by atoms with E-state index in [1.165, 1.54) is 12.1 Å². The highest BCUT2D eigenvalue weighted by Crippen LogP contribution is 2.40. The Morgan fingerprint density at radius 1 is 1.16 bits per heavy atom. The third-order valence-corrected chi connectivity index (χ3v) is 7.97. The zero-order valence-corrected chi connectivity index (χ0v) is 24.0. The third kappa shape index (κ3) is 7.43. The van der Waals surface area contributed by atoms with E-state index in [4.69, 9.17) is 0 Å². The van der Waals surface area contributed by atoms with Crippen LogP contribution in [0.5, 0.6) is 0 Å². The first-order valence-electron chi connectivity index (χ1n) is 14.0. The van der Waals surface area contributed by atoms with Crippen molar-refractivity contribution in [2.24, 2.45) is 15.9 Å². The summed E-state index contributed by atoms with van der Waals surface area (Å²) in [6, 6.07) is 12.7. The van der Waals surface area contributed by atoms with Crippen LogP contribution < -0.4 is 10.6 Å². The van der Waals surface area contributed by atoms with Gasteiger partial charge in [-0.05, 0) is 75.0 Å². The van der Waals surface area contributed by atoms with Crippen LogP contribution >= 0.6 is 0 Å². The minimum Gasteiger partial charge on any atom is -0.481 e.